The molecule has 29 heavy (non-hydrogen) atoms. The molecule has 7 N–H and O–H groups in total. The lowest BCUT2D eigenvalue weighted by Gasteiger charge is -2.17. The predicted molar refractivity (Wildman–Crippen MR) is 114 cm³/mol. The summed E-state index contributed by atoms with van der Waals surface area (Å²) >= 11 is 0. The first-order chi connectivity index (χ1) is 13.1. The van der Waals surface area contributed by atoms with Crippen molar-refractivity contribution in [3.8, 4) is 0 Å². The Balaban J connectivity index is 0. The molecule has 0 bridgehead atoms. The molecule has 0 unspecified atom stereocenters. The van der Waals surface area contributed by atoms with Crippen LogP contribution in [0.2, 0.25) is 0 Å². The molecule has 0 aromatic heterocycles. The largest absolute Gasteiger partial charge is 0.352 e. The third-order valence-electron chi connectivity index (χ3n) is 3.08. The number of nitrogens with two attached hydrogens (primary N) is 2. The van der Waals surface area contributed by atoms with Crippen LogP contribution in [0.25, 0.3) is 0 Å². The maximum Gasteiger partial charge on any atom is 0.261 e. The van der Waals surface area contributed by atoms with Crippen LogP contribution < -0.4 is 16.8 Å². The molecule has 170 valence electrons. The van der Waals surface area contributed by atoms with Crippen LogP contribution in [0.5, 0.6) is 0 Å². The Morgan fingerprint density at radius 3 is 1.90 bits per heavy atom. The smallest absolute Gasteiger partial charge is 0.261 e. The van der Waals surface area contributed by atoms with E-state index in [2.05, 4.69) is 17.4 Å². The normalized spacial score (nSPS) is 13.1. The van der Waals surface area contributed by atoms with Crippen molar-refractivity contribution in [2.45, 2.75) is 44.7 Å². The summed E-state index contributed by atoms with van der Waals surface area (Å²) in [5.74, 6) is -0.0690. The summed E-state index contributed by atoms with van der Waals surface area (Å²) in [6.45, 7) is 2.65. The highest BCUT2D eigenvalue weighted by Gasteiger charge is 2.15. The number of amides is 1. The number of carbonyl (C=O) groups excluding carboxylic acids is 1. The topological polar surface area (TPSA) is 190 Å². The number of unbranched alkanes of at least 4 members (excludes halogenated alkanes) is 1. The molecule has 0 aliphatic carbocycles. The van der Waals surface area contributed by atoms with Gasteiger partial charge in [-0.1, -0.05) is 36.8 Å². The minimum Gasteiger partial charge on any atom is -0.352 e. The monoisotopic (exact) mass is 455 g/mol. The van der Waals surface area contributed by atoms with E-state index in [4.69, 9.17) is 20.6 Å². The maximum absolute atomic E-state index is 11.9. The first-order valence-electron chi connectivity index (χ1n) is 8.78. The fraction of sp³-hybridized carbons (Fsp3) is 0.588. The lowest BCUT2D eigenvalue weighted by atomic mass is 10.1. The van der Waals surface area contributed by atoms with Crippen LogP contribution in [-0.4, -0.2) is 63.0 Å². The van der Waals surface area contributed by atoms with Gasteiger partial charge in [-0.25, -0.2) is 0 Å². The third-order valence-corrected chi connectivity index (χ3v) is 3.08. The molecule has 0 radical (unpaired) electrons. The highest BCUT2D eigenvalue weighted by Crippen LogP contribution is 2.04. The van der Waals surface area contributed by atoms with Crippen LogP contribution in [0, 0.1) is 0 Å². The highest BCUT2D eigenvalue weighted by atomic mass is 32.2. The van der Waals surface area contributed by atoms with Gasteiger partial charge in [0.25, 0.3) is 20.2 Å². The fourth-order valence-electron chi connectivity index (χ4n) is 2.01. The summed E-state index contributed by atoms with van der Waals surface area (Å²) < 4.78 is 51.7. The second-order valence-electron chi connectivity index (χ2n) is 6.46. The molecule has 12 heteroatoms. The molecule has 1 amide bonds. The summed E-state index contributed by atoms with van der Waals surface area (Å²) in [6.07, 6.45) is 4.77. The number of hydrogen-bond donors (Lipinski definition) is 5. The van der Waals surface area contributed by atoms with Crippen molar-refractivity contribution in [1.29, 1.82) is 0 Å². The second kappa shape index (κ2) is 15.3. The second-order valence-corrected chi connectivity index (χ2v) is 9.39. The number of nitrogens with one attached hydrogen (secondary N) is 1. The van der Waals surface area contributed by atoms with Gasteiger partial charge in [0.05, 0.1) is 18.6 Å². The lowest BCUT2D eigenvalue weighted by Crippen LogP contribution is -2.45. The van der Waals surface area contributed by atoms with E-state index in [0.717, 1.165) is 19.3 Å². The molecule has 1 aromatic carbocycles. The van der Waals surface area contributed by atoms with Gasteiger partial charge < -0.3 is 16.8 Å². The molecular weight excluding hydrogens is 422 g/mol. The molecule has 0 saturated carbocycles. The average Bonchev–Trinajstić information content (AvgIpc) is 2.52. The molecule has 2 atom stereocenters. The first kappa shape index (κ1) is 29.6. The third kappa shape index (κ3) is 28.7. The van der Waals surface area contributed by atoms with Gasteiger partial charge in [0.1, 0.15) is 0 Å². The van der Waals surface area contributed by atoms with E-state index in [-0.39, 0.29) is 11.9 Å². The Morgan fingerprint density at radius 1 is 1.03 bits per heavy atom. The van der Waals surface area contributed by atoms with E-state index in [1.165, 1.54) is 5.56 Å². The van der Waals surface area contributed by atoms with E-state index in [1.807, 2.05) is 25.1 Å². The Bertz CT molecular complexity index is 723. The predicted octanol–water partition coefficient (Wildman–Crippen LogP) is 0.198. The minimum atomic E-state index is -3.67. The van der Waals surface area contributed by atoms with E-state index in [0.29, 0.717) is 25.5 Å². The molecule has 0 aliphatic rings. The van der Waals surface area contributed by atoms with Gasteiger partial charge in [-0.05, 0) is 38.3 Å². The van der Waals surface area contributed by atoms with Gasteiger partial charge in [-0.15, -0.1) is 0 Å². The van der Waals surface area contributed by atoms with Gasteiger partial charge in [0, 0.05) is 6.04 Å². The summed E-state index contributed by atoms with van der Waals surface area (Å²) in [4.78, 5) is 11.9. The molecule has 0 saturated heterocycles. The van der Waals surface area contributed by atoms with Crippen LogP contribution in [0.15, 0.2) is 30.3 Å². The zero-order valence-corrected chi connectivity index (χ0v) is 18.6. The average molecular weight is 456 g/mol. The Labute approximate surface area is 173 Å². The quantitative estimate of drug-likeness (QED) is 0.269. The molecule has 1 rings (SSSR count). The molecule has 0 heterocycles. The van der Waals surface area contributed by atoms with E-state index in [9.17, 15) is 21.6 Å². The highest BCUT2D eigenvalue weighted by molar-refractivity contribution is 7.85. The molecular formula is C17H33N3O7S2. The number of rotatable bonds is 8. The molecule has 10 nitrogen and oxygen atoms in total. The first-order valence-corrected chi connectivity index (χ1v) is 12.5. The van der Waals surface area contributed by atoms with Crippen molar-refractivity contribution >= 4 is 26.1 Å². The van der Waals surface area contributed by atoms with Crippen molar-refractivity contribution < 1.29 is 30.7 Å². The summed E-state index contributed by atoms with van der Waals surface area (Å²) in [5, 5.41) is 2.96. The Kier molecular flexibility index (Phi) is 15.6. The van der Waals surface area contributed by atoms with Gasteiger partial charge >= 0.3 is 0 Å². The van der Waals surface area contributed by atoms with Gasteiger partial charge in [0.2, 0.25) is 5.91 Å². The SMILES string of the molecule is CS(=O)(=O)O.CS(=O)(=O)O.C[C@H](Cc1ccccc1)NC(=O)[C@@H](N)CCCCN. The summed E-state index contributed by atoms with van der Waals surface area (Å²) in [6, 6.07) is 9.78. The van der Waals surface area contributed by atoms with Crippen molar-refractivity contribution in [2.24, 2.45) is 11.5 Å². The Morgan fingerprint density at radius 2 is 1.48 bits per heavy atom. The van der Waals surface area contributed by atoms with E-state index >= 15 is 0 Å². The summed E-state index contributed by atoms with van der Waals surface area (Å²) in [5.41, 5.74) is 12.5. The van der Waals surface area contributed by atoms with E-state index < -0.39 is 26.3 Å². The fourth-order valence-corrected chi connectivity index (χ4v) is 2.01. The minimum absolute atomic E-state index is 0.0690. The number of carbonyl (C=O) groups is 1. The van der Waals surface area contributed by atoms with Crippen LogP contribution in [0.4, 0.5) is 0 Å². The zero-order valence-electron chi connectivity index (χ0n) is 17.0. The number of hydrogen-bond acceptors (Lipinski definition) is 7. The molecule has 1 aromatic rings. The van der Waals surface area contributed by atoms with Crippen molar-refractivity contribution in [1.82, 2.24) is 5.32 Å². The van der Waals surface area contributed by atoms with Gasteiger partial charge in [-0.2, -0.15) is 16.8 Å². The molecule has 0 aliphatic heterocycles. The van der Waals surface area contributed by atoms with Crippen LogP contribution in [-0.2, 0) is 31.5 Å². The lowest BCUT2D eigenvalue weighted by molar-refractivity contribution is -0.123. The molecule has 0 spiro atoms. The number of benzene rings is 1. The Hall–Kier alpha value is -1.57. The van der Waals surface area contributed by atoms with Crippen molar-refractivity contribution in [3.63, 3.8) is 0 Å². The summed E-state index contributed by atoms with van der Waals surface area (Å²) in [7, 11) is -7.33. The zero-order chi connectivity index (χ0) is 23.1. The van der Waals surface area contributed by atoms with Crippen molar-refractivity contribution in [2.75, 3.05) is 19.1 Å². The molecule has 0 fully saturated rings. The van der Waals surface area contributed by atoms with E-state index in [1.54, 1.807) is 0 Å². The van der Waals surface area contributed by atoms with Gasteiger partial charge in [0.15, 0.2) is 0 Å². The van der Waals surface area contributed by atoms with Crippen LogP contribution >= 0.6 is 0 Å². The van der Waals surface area contributed by atoms with Crippen LogP contribution in [0.3, 0.4) is 0 Å². The standard InChI is InChI=1S/C15H25N3O.2CH4O3S/c1-12(11-13-7-3-2-4-8-13)18-15(19)14(17)9-5-6-10-16;2*1-5(2,3)4/h2-4,7-8,12,14H,5-6,9-11,16-17H2,1H3,(H,18,19);2*1H3,(H,2,3,4)/t12-,14+;;/m1../s1. The van der Waals surface area contributed by atoms with Crippen molar-refractivity contribution in [3.05, 3.63) is 35.9 Å². The van der Waals surface area contributed by atoms with Gasteiger partial charge in [-0.3, -0.25) is 13.9 Å². The maximum atomic E-state index is 11.9. The van der Waals surface area contributed by atoms with Crippen LogP contribution in [0.1, 0.15) is 31.7 Å².